The quantitative estimate of drug-likeness (QED) is 0.783. The molecule has 23 heavy (non-hydrogen) atoms. The molecular weight excluding hydrogens is 310 g/mol. The van der Waals surface area contributed by atoms with Gasteiger partial charge in [0.1, 0.15) is 5.75 Å². The Kier molecular flexibility index (Phi) is 3.63. The van der Waals surface area contributed by atoms with Crippen LogP contribution in [0.3, 0.4) is 0 Å². The van der Waals surface area contributed by atoms with E-state index in [1.165, 1.54) is 4.88 Å². The number of anilines is 1. The second-order valence-corrected chi connectivity index (χ2v) is 6.85. The fraction of sp³-hybridized carbons (Fsp3) is 0.294. The molecule has 1 aliphatic rings. The van der Waals surface area contributed by atoms with Crippen LogP contribution in [0, 0.1) is 6.92 Å². The average Bonchev–Trinajstić information content (AvgIpc) is 2.95. The standard InChI is InChI=1S/C17H17N3O2S/c1-11-9-14-15(23-11)17(20-5-7-22-8-6-20)19-16(18-14)12-3-2-4-13(21)10-12/h2-4,9-10,21H,5-8H2,1H3. The molecule has 3 aromatic rings. The minimum absolute atomic E-state index is 0.223. The number of hydrogen-bond donors (Lipinski definition) is 1. The van der Waals surface area contributed by atoms with Gasteiger partial charge in [0, 0.05) is 23.5 Å². The second kappa shape index (κ2) is 5.79. The van der Waals surface area contributed by atoms with Gasteiger partial charge in [-0.15, -0.1) is 11.3 Å². The number of fused-ring (bicyclic) bond motifs is 1. The zero-order valence-electron chi connectivity index (χ0n) is 12.8. The van der Waals surface area contributed by atoms with E-state index in [0.717, 1.165) is 47.9 Å². The molecule has 118 valence electrons. The van der Waals surface area contributed by atoms with Crippen molar-refractivity contribution in [1.82, 2.24) is 9.97 Å². The largest absolute Gasteiger partial charge is 0.508 e. The SMILES string of the molecule is Cc1cc2nc(-c3cccc(O)c3)nc(N3CCOCC3)c2s1. The second-order valence-electron chi connectivity index (χ2n) is 5.59. The molecule has 5 nitrogen and oxygen atoms in total. The van der Waals surface area contributed by atoms with Gasteiger partial charge in [-0.1, -0.05) is 12.1 Å². The number of rotatable bonds is 2. The number of ether oxygens (including phenoxy) is 1. The van der Waals surface area contributed by atoms with Gasteiger partial charge >= 0.3 is 0 Å². The van der Waals surface area contributed by atoms with Gasteiger partial charge < -0.3 is 14.7 Å². The number of hydrogen-bond acceptors (Lipinski definition) is 6. The third kappa shape index (κ3) is 2.75. The maximum Gasteiger partial charge on any atom is 0.162 e. The summed E-state index contributed by atoms with van der Waals surface area (Å²) in [4.78, 5) is 13.0. The van der Waals surface area contributed by atoms with Crippen LogP contribution >= 0.6 is 11.3 Å². The summed E-state index contributed by atoms with van der Waals surface area (Å²) in [6.45, 7) is 5.20. The Morgan fingerprint density at radius 2 is 2.00 bits per heavy atom. The highest BCUT2D eigenvalue weighted by Gasteiger charge is 2.19. The molecule has 6 heteroatoms. The summed E-state index contributed by atoms with van der Waals surface area (Å²) < 4.78 is 6.57. The van der Waals surface area contributed by atoms with Crippen LogP contribution in [0.1, 0.15) is 4.88 Å². The van der Waals surface area contributed by atoms with E-state index in [1.807, 2.05) is 12.1 Å². The smallest absolute Gasteiger partial charge is 0.162 e. The lowest BCUT2D eigenvalue weighted by molar-refractivity contribution is 0.122. The van der Waals surface area contributed by atoms with Crippen LogP contribution in [-0.4, -0.2) is 41.4 Å². The summed E-state index contributed by atoms with van der Waals surface area (Å²) in [6.07, 6.45) is 0. The normalized spacial score (nSPS) is 15.3. The summed E-state index contributed by atoms with van der Waals surface area (Å²) in [5.74, 6) is 1.84. The van der Waals surface area contributed by atoms with Crippen molar-refractivity contribution < 1.29 is 9.84 Å². The number of morpholine rings is 1. The van der Waals surface area contributed by atoms with Crippen molar-refractivity contribution >= 4 is 27.4 Å². The molecule has 2 aromatic heterocycles. The molecule has 4 rings (SSSR count). The molecule has 0 aliphatic carbocycles. The topological polar surface area (TPSA) is 58.5 Å². The Balaban J connectivity index is 1.89. The van der Waals surface area contributed by atoms with Crippen molar-refractivity contribution in [3.8, 4) is 17.1 Å². The summed E-state index contributed by atoms with van der Waals surface area (Å²) in [5.41, 5.74) is 1.78. The molecule has 0 atom stereocenters. The van der Waals surface area contributed by atoms with Crippen LogP contribution in [0.4, 0.5) is 5.82 Å². The van der Waals surface area contributed by atoms with Crippen LogP contribution in [0.2, 0.25) is 0 Å². The minimum Gasteiger partial charge on any atom is -0.508 e. The van der Waals surface area contributed by atoms with Gasteiger partial charge in [0.25, 0.3) is 0 Å². The fourth-order valence-electron chi connectivity index (χ4n) is 2.80. The molecule has 0 bridgehead atoms. The van der Waals surface area contributed by atoms with E-state index < -0.39 is 0 Å². The van der Waals surface area contributed by atoms with Gasteiger partial charge in [0.05, 0.1) is 23.4 Å². The number of benzene rings is 1. The molecule has 0 unspecified atom stereocenters. The van der Waals surface area contributed by atoms with Crippen molar-refractivity contribution in [2.75, 3.05) is 31.2 Å². The van der Waals surface area contributed by atoms with E-state index in [1.54, 1.807) is 23.5 Å². The Labute approximate surface area is 138 Å². The van der Waals surface area contributed by atoms with Gasteiger partial charge in [-0.05, 0) is 25.1 Å². The van der Waals surface area contributed by atoms with Crippen molar-refractivity contribution in [1.29, 1.82) is 0 Å². The fourth-order valence-corrected chi connectivity index (χ4v) is 3.77. The molecule has 1 saturated heterocycles. The third-order valence-corrected chi connectivity index (χ3v) is 4.93. The highest BCUT2D eigenvalue weighted by molar-refractivity contribution is 7.19. The van der Waals surface area contributed by atoms with Crippen molar-refractivity contribution in [2.45, 2.75) is 6.92 Å². The number of nitrogens with zero attached hydrogens (tertiary/aromatic N) is 3. The van der Waals surface area contributed by atoms with Crippen molar-refractivity contribution in [2.24, 2.45) is 0 Å². The van der Waals surface area contributed by atoms with Gasteiger partial charge in [-0.25, -0.2) is 9.97 Å². The molecule has 3 heterocycles. The Hall–Kier alpha value is -2.18. The van der Waals surface area contributed by atoms with E-state index in [4.69, 9.17) is 14.7 Å². The van der Waals surface area contributed by atoms with Crippen LogP contribution in [0.25, 0.3) is 21.6 Å². The molecule has 0 spiro atoms. The maximum absolute atomic E-state index is 9.73. The molecule has 0 saturated carbocycles. The first-order valence-electron chi connectivity index (χ1n) is 7.61. The van der Waals surface area contributed by atoms with E-state index in [2.05, 4.69) is 17.9 Å². The molecule has 1 N–H and O–H groups in total. The van der Waals surface area contributed by atoms with Crippen LogP contribution in [0.15, 0.2) is 30.3 Å². The van der Waals surface area contributed by atoms with Gasteiger partial charge in [0.2, 0.25) is 0 Å². The Bertz CT molecular complexity index is 856. The van der Waals surface area contributed by atoms with Crippen molar-refractivity contribution in [3.05, 3.63) is 35.2 Å². The van der Waals surface area contributed by atoms with Crippen LogP contribution in [0.5, 0.6) is 5.75 Å². The third-order valence-electron chi connectivity index (χ3n) is 3.89. The predicted molar refractivity (Wildman–Crippen MR) is 92.3 cm³/mol. The van der Waals surface area contributed by atoms with Crippen LogP contribution < -0.4 is 4.90 Å². The highest BCUT2D eigenvalue weighted by atomic mass is 32.1. The molecule has 1 aliphatic heterocycles. The molecule has 0 radical (unpaired) electrons. The molecular formula is C17H17N3O2S. The van der Waals surface area contributed by atoms with Gasteiger partial charge in [-0.3, -0.25) is 0 Å². The minimum atomic E-state index is 0.223. The molecule has 1 fully saturated rings. The van der Waals surface area contributed by atoms with E-state index in [9.17, 15) is 5.11 Å². The lowest BCUT2D eigenvalue weighted by atomic mass is 10.2. The monoisotopic (exact) mass is 327 g/mol. The molecule has 1 aromatic carbocycles. The van der Waals surface area contributed by atoms with Gasteiger partial charge in [0.15, 0.2) is 11.6 Å². The number of phenols is 1. The summed E-state index contributed by atoms with van der Waals surface area (Å²) in [6, 6.07) is 9.18. The lowest BCUT2D eigenvalue weighted by Gasteiger charge is -2.28. The van der Waals surface area contributed by atoms with Gasteiger partial charge in [-0.2, -0.15) is 0 Å². The first kappa shape index (κ1) is 14.4. The zero-order chi connectivity index (χ0) is 15.8. The first-order chi connectivity index (χ1) is 11.2. The number of aromatic nitrogens is 2. The zero-order valence-corrected chi connectivity index (χ0v) is 13.6. The number of aryl methyl sites for hydroxylation is 1. The maximum atomic E-state index is 9.73. The first-order valence-corrected chi connectivity index (χ1v) is 8.42. The number of aromatic hydroxyl groups is 1. The van der Waals surface area contributed by atoms with Crippen molar-refractivity contribution in [3.63, 3.8) is 0 Å². The predicted octanol–water partition coefficient (Wildman–Crippen LogP) is 3.21. The number of phenolic OH excluding ortho intramolecular Hbond substituents is 1. The highest BCUT2D eigenvalue weighted by Crippen LogP contribution is 2.34. The average molecular weight is 327 g/mol. The number of thiophene rings is 1. The Morgan fingerprint density at radius 1 is 1.17 bits per heavy atom. The summed E-state index contributed by atoms with van der Waals surface area (Å²) in [7, 11) is 0. The van der Waals surface area contributed by atoms with E-state index in [-0.39, 0.29) is 5.75 Å². The van der Waals surface area contributed by atoms with Crippen LogP contribution in [-0.2, 0) is 4.74 Å². The summed E-state index contributed by atoms with van der Waals surface area (Å²) >= 11 is 1.72. The Morgan fingerprint density at radius 3 is 2.78 bits per heavy atom. The van der Waals surface area contributed by atoms with E-state index >= 15 is 0 Å². The lowest BCUT2D eigenvalue weighted by Crippen LogP contribution is -2.36. The summed E-state index contributed by atoms with van der Waals surface area (Å²) in [5, 5.41) is 9.73. The molecule has 0 amide bonds. The van der Waals surface area contributed by atoms with E-state index in [0.29, 0.717) is 5.82 Å².